The third kappa shape index (κ3) is 4.58. The first-order valence-corrected chi connectivity index (χ1v) is 6.74. The van der Waals surface area contributed by atoms with Crippen LogP contribution in [0.3, 0.4) is 0 Å². The molecule has 1 N–H and O–H groups in total. The number of hydrogen-bond acceptors (Lipinski definition) is 4. The maximum atomic E-state index is 13.2. The van der Waals surface area contributed by atoms with E-state index in [2.05, 4.69) is 0 Å². The van der Waals surface area contributed by atoms with Gasteiger partial charge in [0.2, 0.25) is 0 Å². The van der Waals surface area contributed by atoms with Crippen molar-refractivity contribution in [3.8, 4) is 5.75 Å². The highest BCUT2D eigenvalue weighted by Crippen LogP contribution is 2.19. The monoisotopic (exact) mass is 283 g/mol. The Kier molecular flexibility index (Phi) is 6.61. The molecule has 0 radical (unpaired) electrons. The highest BCUT2D eigenvalue weighted by atomic mass is 19.1. The second kappa shape index (κ2) is 7.97. The summed E-state index contributed by atoms with van der Waals surface area (Å²) < 4.78 is 18.2. The summed E-state index contributed by atoms with van der Waals surface area (Å²) in [6.45, 7) is 5.33. The lowest BCUT2D eigenvalue weighted by Crippen LogP contribution is -2.39. The fourth-order valence-electron chi connectivity index (χ4n) is 1.92. The SMILES string of the molecule is CCC(C)N(CCOC)CC(=O)c1cc(F)ccc1O. The van der Waals surface area contributed by atoms with Crippen LogP contribution in [0.25, 0.3) is 0 Å². The van der Waals surface area contributed by atoms with Gasteiger partial charge in [0, 0.05) is 19.7 Å². The Morgan fingerprint density at radius 1 is 1.50 bits per heavy atom. The quantitative estimate of drug-likeness (QED) is 0.745. The van der Waals surface area contributed by atoms with Gasteiger partial charge in [-0.05, 0) is 31.5 Å². The predicted molar refractivity (Wildman–Crippen MR) is 75.6 cm³/mol. The average molecular weight is 283 g/mol. The third-order valence-electron chi connectivity index (χ3n) is 3.40. The molecule has 20 heavy (non-hydrogen) atoms. The summed E-state index contributed by atoms with van der Waals surface area (Å²) in [5.74, 6) is -1.01. The highest BCUT2D eigenvalue weighted by molar-refractivity contribution is 6.00. The van der Waals surface area contributed by atoms with Gasteiger partial charge in [-0.25, -0.2) is 4.39 Å². The van der Waals surface area contributed by atoms with Gasteiger partial charge < -0.3 is 9.84 Å². The number of ether oxygens (including phenoxy) is 1. The van der Waals surface area contributed by atoms with Gasteiger partial charge in [-0.15, -0.1) is 0 Å². The molecule has 112 valence electrons. The molecule has 0 saturated carbocycles. The van der Waals surface area contributed by atoms with E-state index < -0.39 is 5.82 Å². The molecule has 0 aliphatic heterocycles. The molecule has 0 aliphatic carbocycles. The predicted octanol–water partition coefficient (Wildman–Crippen LogP) is 2.46. The fourth-order valence-corrected chi connectivity index (χ4v) is 1.92. The number of hydrogen-bond donors (Lipinski definition) is 1. The van der Waals surface area contributed by atoms with Crippen molar-refractivity contribution < 1.29 is 19.0 Å². The summed E-state index contributed by atoms with van der Waals surface area (Å²) in [6, 6.07) is 3.61. The van der Waals surface area contributed by atoms with Crippen LogP contribution >= 0.6 is 0 Å². The van der Waals surface area contributed by atoms with E-state index in [-0.39, 0.29) is 29.7 Å². The second-order valence-electron chi connectivity index (χ2n) is 4.81. The van der Waals surface area contributed by atoms with E-state index in [1.54, 1.807) is 7.11 Å². The minimum absolute atomic E-state index is 0.0238. The number of halogens is 1. The maximum absolute atomic E-state index is 13.2. The van der Waals surface area contributed by atoms with E-state index in [1.807, 2.05) is 18.7 Å². The van der Waals surface area contributed by atoms with Crippen LogP contribution < -0.4 is 0 Å². The minimum Gasteiger partial charge on any atom is -0.507 e. The summed E-state index contributed by atoms with van der Waals surface area (Å²) >= 11 is 0. The summed E-state index contributed by atoms with van der Waals surface area (Å²) in [5.41, 5.74) is 0.0238. The van der Waals surface area contributed by atoms with E-state index in [0.717, 1.165) is 18.6 Å². The van der Waals surface area contributed by atoms with Gasteiger partial charge in [0.1, 0.15) is 11.6 Å². The zero-order valence-corrected chi connectivity index (χ0v) is 12.2. The van der Waals surface area contributed by atoms with Crippen molar-refractivity contribution in [2.24, 2.45) is 0 Å². The van der Waals surface area contributed by atoms with Crippen molar-refractivity contribution in [2.45, 2.75) is 26.3 Å². The van der Waals surface area contributed by atoms with E-state index in [0.29, 0.717) is 13.2 Å². The molecule has 1 atom stereocenters. The van der Waals surface area contributed by atoms with Crippen molar-refractivity contribution in [3.05, 3.63) is 29.6 Å². The standard InChI is InChI=1S/C15H22FNO3/c1-4-11(2)17(7-8-20-3)10-15(19)13-9-12(16)5-6-14(13)18/h5-6,9,11,18H,4,7-8,10H2,1-3H3. The molecule has 0 aromatic heterocycles. The Balaban J connectivity index is 2.81. The molecule has 0 aliphatic rings. The van der Waals surface area contributed by atoms with Gasteiger partial charge in [0.05, 0.1) is 18.7 Å². The van der Waals surface area contributed by atoms with Gasteiger partial charge in [0.15, 0.2) is 5.78 Å². The lowest BCUT2D eigenvalue weighted by molar-refractivity contribution is 0.0831. The van der Waals surface area contributed by atoms with Crippen LogP contribution in [0.4, 0.5) is 4.39 Å². The van der Waals surface area contributed by atoms with Crippen LogP contribution in [0.2, 0.25) is 0 Å². The van der Waals surface area contributed by atoms with Gasteiger partial charge >= 0.3 is 0 Å². The maximum Gasteiger partial charge on any atom is 0.180 e. The molecule has 0 spiro atoms. The topological polar surface area (TPSA) is 49.8 Å². The van der Waals surface area contributed by atoms with Crippen LogP contribution in [0.1, 0.15) is 30.6 Å². The van der Waals surface area contributed by atoms with Crippen LogP contribution in [0.5, 0.6) is 5.75 Å². The molecule has 1 aromatic rings. The zero-order chi connectivity index (χ0) is 15.1. The first-order valence-electron chi connectivity index (χ1n) is 6.74. The van der Waals surface area contributed by atoms with Crippen LogP contribution in [0, 0.1) is 5.82 Å². The van der Waals surface area contributed by atoms with Crippen LogP contribution in [-0.2, 0) is 4.74 Å². The number of phenols is 1. The Labute approximate surface area is 119 Å². The molecule has 1 rings (SSSR count). The number of phenolic OH excluding ortho intramolecular Hbond substituents is 1. The summed E-state index contributed by atoms with van der Waals surface area (Å²) in [4.78, 5) is 14.2. The van der Waals surface area contributed by atoms with Crippen LogP contribution in [-0.4, -0.2) is 48.6 Å². The largest absolute Gasteiger partial charge is 0.507 e. The molecule has 0 amide bonds. The number of carbonyl (C=O) groups excluding carboxylic acids is 1. The van der Waals surface area contributed by atoms with Crippen molar-refractivity contribution in [3.63, 3.8) is 0 Å². The van der Waals surface area contributed by atoms with E-state index in [4.69, 9.17) is 4.74 Å². The van der Waals surface area contributed by atoms with E-state index >= 15 is 0 Å². The second-order valence-corrected chi connectivity index (χ2v) is 4.81. The van der Waals surface area contributed by atoms with Gasteiger partial charge in [-0.3, -0.25) is 9.69 Å². The number of aromatic hydroxyl groups is 1. The number of ketones is 1. The zero-order valence-electron chi connectivity index (χ0n) is 12.2. The van der Waals surface area contributed by atoms with Crippen molar-refractivity contribution in [1.82, 2.24) is 4.90 Å². The Hall–Kier alpha value is -1.46. The first-order chi connectivity index (χ1) is 9.49. The molecule has 0 saturated heterocycles. The molecule has 0 fully saturated rings. The Bertz CT molecular complexity index is 451. The van der Waals surface area contributed by atoms with Crippen LogP contribution in [0.15, 0.2) is 18.2 Å². The normalized spacial score (nSPS) is 12.7. The molecule has 0 heterocycles. The van der Waals surface area contributed by atoms with Gasteiger partial charge in [-0.2, -0.15) is 0 Å². The summed E-state index contributed by atoms with van der Waals surface area (Å²) in [6.07, 6.45) is 0.895. The number of rotatable bonds is 8. The Morgan fingerprint density at radius 3 is 2.80 bits per heavy atom. The summed E-state index contributed by atoms with van der Waals surface area (Å²) in [5, 5.41) is 9.66. The Morgan fingerprint density at radius 2 is 2.20 bits per heavy atom. The number of methoxy groups -OCH3 is 1. The van der Waals surface area contributed by atoms with E-state index in [1.165, 1.54) is 6.07 Å². The first kappa shape index (κ1) is 16.6. The van der Waals surface area contributed by atoms with Crippen molar-refractivity contribution in [2.75, 3.05) is 26.8 Å². The van der Waals surface area contributed by atoms with Crippen molar-refractivity contribution >= 4 is 5.78 Å². The summed E-state index contributed by atoms with van der Waals surface area (Å²) in [7, 11) is 1.61. The number of benzene rings is 1. The lowest BCUT2D eigenvalue weighted by Gasteiger charge is -2.27. The number of Topliss-reactive ketones (excluding diaryl/α,β-unsaturated/α-hetero) is 1. The molecule has 5 heteroatoms. The molecule has 0 bridgehead atoms. The van der Waals surface area contributed by atoms with Gasteiger partial charge in [-0.1, -0.05) is 6.92 Å². The van der Waals surface area contributed by atoms with E-state index in [9.17, 15) is 14.3 Å². The highest BCUT2D eigenvalue weighted by Gasteiger charge is 2.19. The van der Waals surface area contributed by atoms with Crippen molar-refractivity contribution in [1.29, 1.82) is 0 Å². The number of carbonyl (C=O) groups is 1. The molecular formula is C15H22FNO3. The lowest BCUT2D eigenvalue weighted by atomic mass is 10.1. The smallest absolute Gasteiger partial charge is 0.180 e. The molecule has 1 unspecified atom stereocenters. The average Bonchev–Trinajstić information content (AvgIpc) is 2.44. The van der Waals surface area contributed by atoms with Gasteiger partial charge in [0.25, 0.3) is 0 Å². The third-order valence-corrected chi connectivity index (χ3v) is 3.40. The minimum atomic E-state index is -0.530. The molecule has 4 nitrogen and oxygen atoms in total. The fraction of sp³-hybridized carbons (Fsp3) is 0.533. The molecule has 1 aromatic carbocycles. The number of nitrogens with zero attached hydrogens (tertiary/aromatic N) is 1. The molecular weight excluding hydrogens is 261 g/mol.